The molecular formula is C17H25ClN4O2. The van der Waals surface area contributed by atoms with Crippen LogP contribution in [0.4, 0.5) is 5.69 Å². The van der Waals surface area contributed by atoms with Gasteiger partial charge in [-0.25, -0.2) is 0 Å². The van der Waals surface area contributed by atoms with E-state index in [4.69, 9.17) is 16.3 Å². The molecule has 1 unspecified atom stereocenters. The van der Waals surface area contributed by atoms with Crippen LogP contribution in [0, 0.1) is 5.92 Å². The van der Waals surface area contributed by atoms with Gasteiger partial charge in [-0.15, -0.1) is 0 Å². The number of piperazine rings is 1. The fourth-order valence-electron chi connectivity index (χ4n) is 2.71. The number of ether oxygens (including phenoxy) is 1. The summed E-state index contributed by atoms with van der Waals surface area (Å²) in [5.41, 5.74) is 1.14. The molecule has 0 spiro atoms. The number of aliphatic imine (C=N–C) groups is 1. The number of rotatable bonds is 4. The second kappa shape index (κ2) is 8.78. The molecule has 1 aromatic carbocycles. The van der Waals surface area contributed by atoms with Crippen molar-refractivity contribution < 1.29 is 9.53 Å². The number of esters is 1. The van der Waals surface area contributed by atoms with Gasteiger partial charge < -0.3 is 19.9 Å². The highest BCUT2D eigenvalue weighted by Gasteiger charge is 2.21. The normalized spacial score (nSPS) is 16.8. The Kier molecular flexibility index (Phi) is 6.73. The van der Waals surface area contributed by atoms with E-state index in [1.807, 2.05) is 25.1 Å². The lowest BCUT2D eigenvalue weighted by Gasteiger charge is -2.37. The highest BCUT2D eigenvalue weighted by Crippen LogP contribution is 2.20. The average Bonchev–Trinajstić information content (AvgIpc) is 2.61. The number of halogens is 1. The Morgan fingerprint density at radius 3 is 2.67 bits per heavy atom. The summed E-state index contributed by atoms with van der Waals surface area (Å²) in [6.07, 6.45) is 0. The monoisotopic (exact) mass is 352 g/mol. The number of methoxy groups -OCH3 is 1. The molecule has 1 atom stereocenters. The maximum Gasteiger partial charge on any atom is 0.310 e. The summed E-state index contributed by atoms with van der Waals surface area (Å²) in [5.74, 6) is 0.389. The van der Waals surface area contributed by atoms with Crippen LogP contribution in [-0.4, -0.2) is 63.7 Å². The number of guanidine groups is 1. The second-order valence-electron chi connectivity index (χ2n) is 5.81. The van der Waals surface area contributed by atoms with Crippen molar-refractivity contribution in [2.75, 3.05) is 51.8 Å². The average molecular weight is 353 g/mol. The molecule has 0 radical (unpaired) electrons. The maximum absolute atomic E-state index is 11.5. The van der Waals surface area contributed by atoms with Crippen LogP contribution in [0.5, 0.6) is 0 Å². The van der Waals surface area contributed by atoms with E-state index in [2.05, 4.69) is 26.2 Å². The predicted molar refractivity (Wildman–Crippen MR) is 97.8 cm³/mol. The molecule has 1 saturated heterocycles. The Labute approximate surface area is 148 Å². The van der Waals surface area contributed by atoms with Crippen molar-refractivity contribution in [2.24, 2.45) is 10.9 Å². The Balaban J connectivity index is 1.87. The van der Waals surface area contributed by atoms with Crippen molar-refractivity contribution >= 4 is 29.2 Å². The molecule has 0 bridgehead atoms. The molecule has 0 aliphatic carbocycles. The Morgan fingerprint density at radius 2 is 2.08 bits per heavy atom. The topological polar surface area (TPSA) is 57.2 Å². The SMILES string of the molecule is CN=C(NCC(C)C(=O)OC)N1CCN(c2cccc(Cl)c2)CC1. The number of hydrogen-bond acceptors (Lipinski definition) is 4. The molecule has 0 saturated carbocycles. The van der Waals surface area contributed by atoms with E-state index < -0.39 is 0 Å². The van der Waals surface area contributed by atoms with Crippen molar-refractivity contribution in [3.8, 4) is 0 Å². The molecule has 2 rings (SSSR count). The summed E-state index contributed by atoms with van der Waals surface area (Å²) in [6.45, 7) is 5.86. The number of carbonyl (C=O) groups is 1. The van der Waals surface area contributed by atoms with Gasteiger partial charge in [0.05, 0.1) is 13.0 Å². The van der Waals surface area contributed by atoms with Crippen molar-refractivity contribution in [3.63, 3.8) is 0 Å². The van der Waals surface area contributed by atoms with Gasteiger partial charge in [-0.2, -0.15) is 0 Å². The summed E-state index contributed by atoms with van der Waals surface area (Å²) in [4.78, 5) is 20.3. The largest absolute Gasteiger partial charge is 0.469 e. The molecule has 6 nitrogen and oxygen atoms in total. The first-order chi connectivity index (χ1) is 11.5. The molecule has 0 amide bonds. The zero-order valence-electron chi connectivity index (χ0n) is 14.5. The number of nitrogens with zero attached hydrogens (tertiary/aromatic N) is 3. The van der Waals surface area contributed by atoms with E-state index in [0.29, 0.717) is 6.54 Å². The summed E-state index contributed by atoms with van der Waals surface area (Å²) in [6, 6.07) is 7.92. The van der Waals surface area contributed by atoms with E-state index in [-0.39, 0.29) is 11.9 Å². The highest BCUT2D eigenvalue weighted by atomic mass is 35.5. The molecule has 1 heterocycles. The number of benzene rings is 1. The zero-order chi connectivity index (χ0) is 17.5. The van der Waals surface area contributed by atoms with E-state index in [1.165, 1.54) is 7.11 Å². The Bertz CT molecular complexity index is 586. The highest BCUT2D eigenvalue weighted by molar-refractivity contribution is 6.30. The van der Waals surface area contributed by atoms with Gasteiger partial charge in [0.25, 0.3) is 0 Å². The molecule has 24 heavy (non-hydrogen) atoms. The standard InChI is InChI=1S/C17H25ClN4O2/c1-13(16(23)24-3)12-20-17(19-2)22-9-7-21(8-10-22)15-6-4-5-14(18)11-15/h4-6,11,13H,7-10,12H2,1-3H3,(H,19,20). The van der Waals surface area contributed by atoms with Crippen LogP contribution in [0.2, 0.25) is 5.02 Å². The van der Waals surface area contributed by atoms with Crippen molar-refractivity contribution in [1.82, 2.24) is 10.2 Å². The van der Waals surface area contributed by atoms with Crippen LogP contribution in [0.25, 0.3) is 0 Å². The van der Waals surface area contributed by atoms with Crippen LogP contribution in [-0.2, 0) is 9.53 Å². The van der Waals surface area contributed by atoms with Gasteiger partial charge in [-0.1, -0.05) is 24.6 Å². The summed E-state index contributed by atoms with van der Waals surface area (Å²) in [5, 5.41) is 4.01. The lowest BCUT2D eigenvalue weighted by molar-refractivity contribution is -0.144. The Morgan fingerprint density at radius 1 is 1.38 bits per heavy atom. The summed E-state index contributed by atoms with van der Waals surface area (Å²) >= 11 is 6.07. The van der Waals surface area contributed by atoms with E-state index in [9.17, 15) is 4.79 Å². The number of hydrogen-bond donors (Lipinski definition) is 1. The minimum absolute atomic E-state index is 0.209. The molecule has 1 N–H and O–H groups in total. The van der Waals surface area contributed by atoms with Gasteiger partial charge in [-0.05, 0) is 18.2 Å². The molecule has 7 heteroatoms. The first-order valence-corrected chi connectivity index (χ1v) is 8.47. The van der Waals surface area contributed by atoms with Crippen LogP contribution < -0.4 is 10.2 Å². The lowest BCUT2D eigenvalue weighted by Crippen LogP contribution is -2.53. The molecule has 132 valence electrons. The van der Waals surface area contributed by atoms with E-state index in [1.54, 1.807) is 7.05 Å². The van der Waals surface area contributed by atoms with Gasteiger partial charge in [-0.3, -0.25) is 9.79 Å². The molecule has 1 fully saturated rings. The van der Waals surface area contributed by atoms with E-state index >= 15 is 0 Å². The minimum atomic E-state index is -0.219. The van der Waals surface area contributed by atoms with Gasteiger partial charge in [0, 0.05) is 50.5 Å². The van der Waals surface area contributed by atoms with Gasteiger partial charge in [0.2, 0.25) is 0 Å². The molecule has 0 aromatic heterocycles. The number of nitrogens with one attached hydrogen (secondary N) is 1. The maximum atomic E-state index is 11.5. The molecular weight excluding hydrogens is 328 g/mol. The molecule has 1 aromatic rings. The molecule has 1 aliphatic heterocycles. The number of carbonyl (C=O) groups excluding carboxylic acids is 1. The first kappa shape index (κ1) is 18.4. The van der Waals surface area contributed by atoms with Crippen LogP contribution in [0.3, 0.4) is 0 Å². The third-order valence-corrected chi connectivity index (χ3v) is 4.37. The Hall–Kier alpha value is -1.95. The smallest absolute Gasteiger partial charge is 0.310 e. The summed E-state index contributed by atoms with van der Waals surface area (Å²) in [7, 11) is 3.16. The first-order valence-electron chi connectivity index (χ1n) is 8.09. The van der Waals surface area contributed by atoms with Crippen LogP contribution in [0.15, 0.2) is 29.3 Å². The van der Waals surface area contributed by atoms with Crippen molar-refractivity contribution in [3.05, 3.63) is 29.3 Å². The van der Waals surface area contributed by atoms with Gasteiger partial charge in [0.15, 0.2) is 5.96 Å². The lowest BCUT2D eigenvalue weighted by atomic mass is 10.2. The third-order valence-electron chi connectivity index (χ3n) is 4.13. The van der Waals surface area contributed by atoms with Crippen molar-refractivity contribution in [2.45, 2.75) is 6.92 Å². The van der Waals surface area contributed by atoms with Crippen LogP contribution >= 0.6 is 11.6 Å². The number of anilines is 1. The summed E-state index contributed by atoms with van der Waals surface area (Å²) < 4.78 is 4.75. The third kappa shape index (κ3) is 4.77. The van der Waals surface area contributed by atoms with Crippen molar-refractivity contribution in [1.29, 1.82) is 0 Å². The zero-order valence-corrected chi connectivity index (χ0v) is 15.2. The van der Waals surface area contributed by atoms with Gasteiger partial charge in [0.1, 0.15) is 0 Å². The fourth-order valence-corrected chi connectivity index (χ4v) is 2.89. The quantitative estimate of drug-likeness (QED) is 0.509. The predicted octanol–water partition coefficient (Wildman–Crippen LogP) is 1.85. The fraction of sp³-hybridized carbons (Fsp3) is 0.529. The second-order valence-corrected chi connectivity index (χ2v) is 6.24. The minimum Gasteiger partial charge on any atom is -0.469 e. The van der Waals surface area contributed by atoms with Crippen LogP contribution in [0.1, 0.15) is 6.92 Å². The van der Waals surface area contributed by atoms with Gasteiger partial charge >= 0.3 is 5.97 Å². The molecule has 1 aliphatic rings. The van der Waals surface area contributed by atoms with E-state index in [0.717, 1.165) is 42.8 Å².